The Labute approximate surface area is 107 Å². The highest BCUT2D eigenvalue weighted by atomic mass is 32.2. The van der Waals surface area contributed by atoms with Crippen LogP contribution in [0.4, 0.5) is 0 Å². The van der Waals surface area contributed by atoms with E-state index in [-0.39, 0.29) is 0 Å². The smallest absolute Gasteiger partial charge is 0.166 e. The molecule has 0 spiro atoms. The van der Waals surface area contributed by atoms with Crippen molar-refractivity contribution in [2.45, 2.75) is 17.8 Å². The molecule has 3 heterocycles. The second-order valence-electron chi connectivity index (χ2n) is 3.77. The van der Waals surface area contributed by atoms with Crippen molar-refractivity contribution in [2.75, 3.05) is 0 Å². The lowest BCUT2D eigenvalue weighted by Gasteiger charge is -2.01. The van der Waals surface area contributed by atoms with Gasteiger partial charge in [0, 0.05) is 22.7 Å². The molecule has 5 heteroatoms. The highest BCUT2D eigenvalue weighted by molar-refractivity contribution is 7.98. The topological polar surface area (TPSA) is 41.6 Å². The number of aromatic nitrogens is 3. The zero-order valence-electron chi connectivity index (χ0n) is 9.30. The lowest BCUT2D eigenvalue weighted by Crippen LogP contribution is -1.90. The van der Waals surface area contributed by atoms with Crippen LogP contribution in [0.3, 0.4) is 0 Å². The minimum Gasteiger partial charge on any atom is -0.332 e. The van der Waals surface area contributed by atoms with E-state index in [1.807, 2.05) is 12.3 Å². The Morgan fingerprint density at radius 2 is 2.35 bits per heavy atom. The van der Waals surface area contributed by atoms with Gasteiger partial charge < -0.3 is 4.98 Å². The molecule has 0 aromatic carbocycles. The second kappa shape index (κ2) is 4.50. The van der Waals surface area contributed by atoms with Crippen LogP contribution in [-0.4, -0.2) is 15.0 Å². The third-order valence-electron chi connectivity index (χ3n) is 2.57. The van der Waals surface area contributed by atoms with Gasteiger partial charge in [-0.1, -0.05) is 17.8 Å². The average Bonchev–Trinajstić information content (AvgIpc) is 2.88. The molecule has 0 fully saturated rings. The molecule has 0 saturated carbocycles. The van der Waals surface area contributed by atoms with Gasteiger partial charge in [0.1, 0.15) is 5.52 Å². The van der Waals surface area contributed by atoms with Gasteiger partial charge in [-0.2, -0.15) is 0 Å². The van der Waals surface area contributed by atoms with Crippen molar-refractivity contribution in [1.82, 2.24) is 15.0 Å². The number of aryl methyl sites for hydroxylation is 1. The van der Waals surface area contributed by atoms with E-state index in [1.165, 1.54) is 5.56 Å². The summed E-state index contributed by atoms with van der Waals surface area (Å²) in [4.78, 5) is 12.2. The van der Waals surface area contributed by atoms with E-state index in [2.05, 4.69) is 38.7 Å². The Hall–Kier alpha value is -1.33. The summed E-state index contributed by atoms with van der Waals surface area (Å²) in [6, 6.07) is 4.05. The summed E-state index contributed by atoms with van der Waals surface area (Å²) in [7, 11) is 0. The fraction of sp³-hybridized carbons (Fsp3) is 0.167. The van der Waals surface area contributed by atoms with E-state index in [0.717, 1.165) is 27.6 Å². The Bertz CT molecular complexity index is 613. The number of hydrogen-bond donors (Lipinski definition) is 1. The molecule has 0 atom stereocenters. The molecule has 3 aromatic rings. The van der Waals surface area contributed by atoms with Crippen molar-refractivity contribution >= 4 is 34.1 Å². The molecule has 3 nitrogen and oxygen atoms in total. The standard InChI is InChI=1S/C12H11N3S2/c1-8-3-2-4-13-9(8)7-17-12-14-10-5-16-6-11(10)15-12/h2-6H,7H2,1H3,(H,14,15). The molecule has 86 valence electrons. The number of hydrogen-bond acceptors (Lipinski definition) is 4. The number of fused-ring (bicyclic) bond motifs is 1. The third-order valence-corrected chi connectivity index (χ3v) is 4.18. The van der Waals surface area contributed by atoms with Crippen molar-refractivity contribution in [3.05, 3.63) is 40.3 Å². The van der Waals surface area contributed by atoms with Crippen LogP contribution < -0.4 is 0 Å². The molecule has 0 aliphatic carbocycles. The first-order valence-corrected chi connectivity index (χ1v) is 7.21. The number of imidazole rings is 1. The van der Waals surface area contributed by atoms with Crippen LogP contribution in [0.15, 0.2) is 34.2 Å². The van der Waals surface area contributed by atoms with Gasteiger partial charge in [-0.05, 0) is 18.6 Å². The molecule has 0 aliphatic rings. The molecule has 0 amide bonds. The maximum atomic E-state index is 4.51. The number of rotatable bonds is 3. The van der Waals surface area contributed by atoms with Gasteiger partial charge >= 0.3 is 0 Å². The molecule has 0 bridgehead atoms. The van der Waals surface area contributed by atoms with Crippen molar-refractivity contribution in [3.8, 4) is 0 Å². The molecule has 3 rings (SSSR count). The van der Waals surface area contributed by atoms with Crippen LogP contribution >= 0.6 is 23.1 Å². The number of thioether (sulfide) groups is 1. The molecule has 0 radical (unpaired) electrons. The fourth-order valence-corrected chi connectivity index (χ4v) is 3.21. The molecule has 0 unspecified atom stereocenters. The minimum absolute atomic E-state index is 0.853. The van der Waals surface area contributed by atoms with Gasteiger partial charge in [0.25, 0.3) is 0 Å². The highest BCUT2D eigenvalue weighted by Crippen LogP contribution is 2.24. The number of H-pyrrole nitrogens is 1. The van der Waals surface area contributed by atoms with Gasteiger partial charge in [-0.3, -0.25) is 4.98 Å². The van der Waals surface area contributed by atoms with E-state index < -0.39 is 0 Å². The predicted molar refractivity (Wildman–Crippen MR) is 72.5 cm³/mol. The Morgan fingerprint density at radius 3 is 3.18 bits per heavy atom. The first-order valence-electron chi connectivity index (χ1n) is 5.28. The predicted octanol–water partition coefficient (Wildman–Crippen LogP) is 3.62. The zero-order chi connectivity index (χ0) is 11.7. The summed E-state index contributed by atoms with van der Waals surface area (Å²) < 4.78 is 0. The number of nitrogens with one attached hydrogen (secondary N) is 1. The quantitative estimate of drug-likeness (QED) is 0.732. The highest BCUT2D eigenvalue weighted by Gasteiger charge is 2.05. The maximum Gasteiger partial charge on any atom is 0.166 e. The molecular formula is C12H11N3S2. The summed E-state index contributed by atoms with van der Waals surface area (Å²) in [6.45, 7) is 2.09. The lowest BCUT2D eigenvalue weighted by molar-refractivity contribution is 1.06. The van der Waals surface area contributed by atoms with Crippen molar-refractivity contribution in [2.24, 2.45) is 0 Å². The Morgan fingerprint density at radius 1 is 1.41 bits per heavy atom. The normalized spacial score (nSPS) is 11.1. The number of thiophene rings is 1. The van der Waals surface area contributed by atoms with E-state index in [1.54, 1.807) is 23.1 Å². The molecule has 3 aromatic heterocycles. The average molecular weight is 261 g/mol. The molecule has 1 N–H and O–H groups in total. The Kier molecular flexibility index (Phi) is 2.86. The molecular weight excluding hydrogens is 250 g/mol. The van der Waals surface area contributed by atoms with E-state index in [9.17, 15) is 0 Å². The first-order chi connectivity index (χ1) is 8.33. The van der Waals surface area contributed by atoms with Gasteiger partial charge in [-0.15, -0.1) is 11.3 Å². The summed E-state index contributed by atoms with van der Waals surface area (Å²) in [6.07, 6.45) is 1.84. The maximum absolute atomic E-state index is 4.51. The zero-order valence-corrected chi connectivity index (χ0v) is 10.9. The lowest BCUT2D eigenvalue weighted by atomic mass is 10.2. The van der Waals surface area contributed by atoms with Crippen LogP contribution in [-0.2, 0) is 5.75 Å². The summed E-state index contributed by atoms with van der Waals surface area (Å²) in [5, 5.41) is 5.10. The van der Waals surface area contributed by atoms with E-state index in [0.29, 0.717) is 0 Å². The number of nitrogens with zero attached hydrogens (tertiary/aromatic N) is 2. The SMILES string of the molecule is Cc1cccnc1CSc1nc2cscc2[nH]1. The van der Waals surface area contributed by atoms with Crippen molar-refractivity contribution in [3.63, 3.8) is 0 Å². The van der Waals surface area contributed by atoms with Crippen molar-refractivity contribution in [1.29, 1.82) is 0 Å². The third kappa shape index (κ3) is 2.21. The Balaban J connectivity index is 1.76. The van der Waals surface area contributed by atoms with Crippen LogP contribution in [0.1, 0.15) is 11.3 Å². The summed E-state index contributed by atoms with van der Waals surface area (Å²) in [5.41, 5.74) is 4.52. The molecule has 17 heavy (non-hydrogen) atoms. The number of pyridine rings is 1. The van der Waals surface area contributed by atoms with Crippen LogP contribution in [0.2, 0.25) is 0 Å². The summed E-state index contributed by atoms with van der Waals surface area (Å²) in [5.74, 6) is 0.853. The van der Waals surface area contributed by atoms with Crippen LogP contribution in [0.5, 0.6) is 0 Å². The number of aromatic amines is 1. The van der Waals surface area contributed by atoms with Crippen LogP contribution in [0.25, 0.3) is 11.0 Å². The van der Waals surface area contributed by atoms with Gasteiger partial charge in [0.15, 0.2) is 5.16 Å². The largest absolute Gasteiger partial charge is 0.332 e. The first kappa shape index (κ1) is 10.8. The fourth-order valence-electron chi connectivity index (χ4n) is 1.60. The van der Waals surface area contributed by atoms with Crippen LogP contribution in [0, 0.1) is 6.92 Å². The van der Waals surface area contributed by atoms with E-state index in [4.69, 9.17) is 0 Å². The van der Waals surface area contributed by atoms with Gasteiger partial charge in [0.2, 0.25) is 0 Å². The molecule has 0 aliphatic heterocycles. The van der Waals surface area contributed by atoms with Crippen molar-refractivity contribution < 1.29 is 0 Å². The summed E-state index contributed by atoms with van der Waals surface area (Å²) >= 11 is 3.36. The van der Waals surface area contributed by atoms with Gasteiger partial charge in [0.05, 0.1) is 11.2 Å². The monoisotopic (exact) mass is 261 g/mol. The second-order valence-corrected chi connectivity index (χ2v) is 5.48. The minimum atomic E-state index is 0.853. The van der Waals surface area contributed by atoms with Gasteiger partial charge in [-0.25, -0.2) is 4.98 Å². The molecule has 0 saturated heterocycles. The van der Waals surface area contributed by atoms with E-state index >= 15 is 0 Å².